The molecule has 2 heterocycles. The molecule has 0 spiro atoms. The maximum atomic E-state index is 13.2. The second-order valence-corrected chi connectivity index (χ2v) is 7.38. The standard InChI is InChI=1S/C22H18N2O4S/c1-14-6-5-7-15(12-14)24-20(25)17-8-3-4-9-18(17)23-22(24)29-13-16-10-11-19(28-16)21(26)27-2/h3-12H,13H2,1-2H3. The van der Waals surface area contributed by atoms with Crippen LogP contribution in [0.4, 0.5) is 0 Å². The monoisotopic (exact) mass is 406 g/mol. The van der Waals surface area contributed by atoms with Crippen molar-refractivity contribution in [1.82, 2.24) is 9.55 Å². The molecule has 6 nitrogen and oxygen atoms in total. The van der Waals surface area contributed by atoms with Gasteiger partial charge in [-0.15, -0.1) is 0 Å². The van der Waals surface area contributed by atoms with Crippen LogP contribution in [0.15, 0.2) is 75.0 Å². The predicted octanol–water partition coefficient (Wildman–Crippen LogP) is 4.37. The fraction of sp³-hybridized carbons (Fsp3) is 0.136. The fourth-order valence-electron chi connectivity index (χ4n) is 3.01. The molecule has 2 aromatic carbocycles. The number of aromatic nitrogens is 2. The van der Waals surface area contributed by atoms with Crippen LogP contribution in [0.1, 0.15) is 21.9 Å². The highest BCUT2D eigenvalue weighted by Crippen LogP contribution is 2.26. The van der Waals surface area contributed by atoms with Gasteiger partial charge in [0.25, 0.3) is 5.56 Å². The van der Waals surface area contributed by atoms with Crippen molar-refractivity contribution in [2.45, 2.75) is 17.8 Å². The van der Waals surface area contributed by atoms with Crippen molar-refractivity contribution in [1.29, 1.82) is 0 Å². The van der Waals surface area contributed by atoms with Crippen LogP contribution in [0, 0.1) is 6.92 Å². The first-order valence-corrected chi connectivity index (χ1v) is 9.94. The summed E-state index contributed by atoms with van der Waals surface area (Å²) >= 11 is 1.37. The number of thioether (sulfide) groups is 1. The Morgan fingerprint density at radius 2 is 1.97 bits per heavy atom. The van der Waals surface area contributed by atoms with Crippen LogP contribution < -0.4 is 5.56 Å². The predicted molar refractivity (Wildman–Crippen MR) is 112 cm³/mol. The quantitative estimate of drug-likeness (QED) is 0.278. The summed E-state index contributed by atoms with van der Waals surface area (Å²) in [4.78, 5) is 29.5. The van der Waals surface area contributed by atoms with Crippen LogP contribution in [0.3, 0.4) is 0 Å². The number of aryl methyl sites for hydroxylation is 1. The minimum atomic E-state index is -0.526. The average molecular weight is 406 g/mol. The second kappa shape index (κ2) is 7.97. The number of para-hydroxylation sites is 1. The number of carbonyl (C=O) groups excluding carboxylic acids is 1. The highest BCUT2D eigenvalue weighted by Gasteiger charge is 2.16. The maximum absolute atomic E-state index is 13.2. The number of hydrogen-bond acceptors (Lipinski definition) is 6. The lowest BCUT2D eigenvalue weighted by molar-refractivity contribution is 0.0563. The Morgan fingerprint density at radius 1 is 1.14 bits per heavy atom. The van der Waals surface area contributed by atoms with E-state index in [0.717, 1.165) is 11.3 Å². The van der Waals surface area contributed by atoms with E-state index < -0.39 is 5.97 Å². The number of esters is 1. The van der Waals surface area contributed by atoms with Crippen molar-refractivity contribution in [2.24, 2.45) is 0 Å². The highest BCUT2D eigenvalue weighted by molar-refractivity contribution is 7.98. The van der Waals surface area contributed by atoms with Gasteiger partial charge in [-0.25, -0.2) is 9.78 Å². The number of benzene rings is 2. The zero-order valence-electron chi connectivity index (χ0n) is 15.9. The number of nitrogens with zero attached hydrogens (tertiary/aromatic N) is 2. The fourth-order valence-corrected chi connectivity index (χ4v) is 3.91. The summed E-state index contributed by atoms with van der Waals surface area (Å²) in [7, 11) is 1.30. The first-order chi connectivity index (χ1) is 14.1. The van der Waals surface area contributed by atoms with Crippen molar-refractivity contribution < 1.29 is 13.9 Å². The van der Waals surface area contributed by atoms with Gasteiger partial charge in [0.15, 0.2) is 5.16 Å². The van der Waals surface area contributed by atoms with E-state index in [1.165, 1.54) is 18.9 Å². The molecule has 0 bridgehead atoms. The van der Waals surface area contributed by atoms with Gasteiger partial charge < -0.3 is 9.15 Å². The third-order valence-corrected chi connectivity index (χ3v) is 5.36. The molecular formula is C22H18N2O4S. The molecule has 0 unspecified atom stereocenters. The molecule has 7 heteroatoms. The van der Waals surface area contributed by atoms with Crippen LogP contribution in [0.2, 0.25) is 0 Å². The van der Waals surface area contributed by atoms with E-state index in [2.05, 4.69) is 4.74 Å². The van der Waals surface area contributed by atoms with Crippen molar-refractivity contribution in [3.8, 4) is 5.69 Å². The summed E-state index contributed by atoms with van der Waals surface area (Å²) in [6.07, 6.45) is 0. The molecule has 0 saturated heterocycles. The molecule has 4 aromatic rings. The molecular weight excluding hydrogens is 388 g/mol. The lowest BCUT2D eigenvalue weighted by Gasteiger charge is -2.13. The summed E-state index contributed by atoms with van der Waals surface area (Å²) < 4.78 is 11.8. The van der Waals surface area contributed by atoms with E-state index in [-0.39, 0.29) is 11.3 Å². The molecule has 0 aliphatic carbocycles. The summed E-state index contributed by atoms with van der Waals surface area (Å²) in [6, 6.07) is 18.3. The lowest BCUT2D eigenvalue weighted by Crippen LogP contribution is -2.21. The second-order valence-electron chi connectivity index (χ2n) is 6.44. The largest absolute Gasteiger partial charge is 0.463 e. The van der Waals surface area contributed by atoms with Crippen LogP contribution in [-0.2, 0) is 10.5 Å². The van der Waals surface area contributed by atoms with Crippen molar-refractivity contribution in [2.75, 3.05) is 7.11 Å². The Hall–Kier alpha value is -3.32. The summed E-state index contributed by atoms with van der Waals surface area (Å²) in [5, 5.41) is 1.11. The van der Waals surface area contributed by atoms with Gasteiger partial charge in [0.05, 0.1) is 29.5 Å². The lowest BCUT2D eigenvalue weighted by atomic mass is 10.2. The molecule has 29 heavy (non-hydrogen) atoms. The molecule has 0 radical (unpaired) electrons. The van der Waals surface area contributed by atoms with E-state index in [9.17, 15) is 9.59 Å². The van der Waals surface area contributed by atoms with Gasteiger partial charge in [-0.1, -0.05) is 36.0 Å². The molecule has 4 rings (SSSR count). The molecule has 0 atom stereocenters. The van der Waals surface area contributed by atoms with E-state index in [1.54, 1.807) is 22.8 Å². The van der Waals surface area contributed by atoms with Gasteiger partial charge in [0.1, 0.15) is 5.76 Å². The van der Waals surface area contributed by atoms with Crippen LogP contribution in [-0.4, -0.2) is 22.6 Å². The average Bonchev–Trinajstić information content (AvgIpc) is 3.21. The van der Waals surface area contributed by atoms with Crippen molar-refractivity contribution in [3.05, 3.63) is 88.1 Å². The third-order valence-electron chi connectivity index (χ3n) is 4.40. The Kier molecular flexibility index (Phi) is 5.22. The molecule has 2 aromatic heterocycles. The molecule has 146 valence electrons. The van der Waals surface area contributed by atoms with Crippen LogP contribution in [0.5, 0.6) is 0 Å². The van der Waals surface area contributed by atoms with E-state index in [0.29, 0.717) is 27.6 Å². The minimum absolute atomic E-state index is 0.126. The number of furan rings is 1. The third kappa shape index (κ3) is 3.82. The van der Waals surface area contributed by atoms with Crippen LogP contribution >= 0.6 is 11.8 Å². The Bertz CT molecular complexity index is 1260. The van der Waals surface area contributed by atoms with E-state index in [4.69, 9.17) is 9.40 Å². The molecule has 0 aliphatic heterocycles. The van der Waals surface area contributed by atoms with Crippen LogP contribution in [0.25, 0.3) is 16.6 Å². The number of rotatable bonds is 5. The molecule has 0 aliphatic rings. The van der Waals surface area contributed by atoms with E-state index in [1.807, 2.05) is 49.4 Å². The van der Waals surface area contributed by atoms with Crippen molar-refractivity contribution in [3.63, 3.8) is 0 Å². The summed E-state index contributed by atoms with van der Waals surface area (Å²) in [6.45, 7) is 1.98. The number of methoxy groups -OCH3 is 1. The SMILES string of the molecule is COC(=O)c1ccc(CSc2nc3ccccc3c(=O)n2-c2cccc(C)c2)o1. The zero-order valence-corrected chi connectivity index (χ0v) is 16.7. The summed E-state index contributed by atoms with van der Waals surface area (Å²) in [5.41, 5.74) is 2.31. The Labute approximate surface area is 171 Å². The van der Waals surface area contributed by atoms with Gasteiger partial charge in [-0.05, 0) is 48.9 Å². The van der Waals surface area contributed by atoms with Gasteiger partial charge in [-0.3, -0.25) is 9.36 Å². The number of carbonyl (C=O) groups is 1. The topological polar surface area (TPSA) is 74.3 Å². The van der Waals surface area contributed by atoms with Gasteiger partial charge in [0.2, 0.25) is 5.76 Å². The van der Waals surface area contributed by atoms with Gasteiger partial charge in [-0.2, -0.15) is 0 Å². The van der Waals surface area contributed by atoms with Gasteiger partial charge >= 0.3 is 5.97 Å². The Morgan fingerprint density at radius 3 is 2.76 bits per heavy atom. The highest BCUT2D eigenvalue weighted by atomic mass is 32.2. The Balaban J connectivity index is 1.76. The summed E-state index contributed by atoms with van der Waals surface area (Å²) in [5.74, 6) is 0.620. The van der Waals surface area contributed by atoms with Crippen molar-refractivity contribution >= 4 is 28.6 Å². The number of hydrogen-bond donors (Lipinski definition) is 0. The first kappa shape index (κ1) is 19.0. The molecule has 0 N–H and O–H groups in total. The zero-order chi connectivity index (χ0) is 20.4. The molecule has 0 amide bonds. The molecule has 0 saturated carbocycles. The minimum Gasteiger partial charge on any atom is -0.463 e. The normalized spacial score (nSPS) is 11.0. The molecule has 0 fully saturated rings. The van der Waals surface area contributed by atoms with Gasteiger partial charge in [0, 0.05) is 0 Å². The number of fused-ring (bicyclic) bond motifs is 1. The first-order valence-electron chi connectivity index (χ1n) is 8.95. The smallest absolute Gasteiger partial charge is 0.373 e. The maximum Gasteiger partial charge on any atom is 0.373 e. The number of ether oxygens (including phenoxy) is 1. The van der Waals surface area contributed by atoms with E-state index >= 15 is 0 Å².